The molecule has 5 heteroatoms. The van der Waals surface area contributed by atoms with Gasteiger partial charge in [-0.3, -0.25) is 4.79 Å². The van der Waals surface area contributed by atoms with E-state index in [1.165, 1.54) is 27.8 Å². The molecule has 1 amide bonds. The molecule has 5 nitrogen and oxygen atoms in total. The van der Waals surface area contributed by atoms with Crippen molar-refractivity contribution in [2.75, 3.05) is 25.0 Å². The van der Waals surface area contributed by atoms with E-state index in [0.717, 1.165) is 62.5 Å². The highest BCUT2D eigenvalue weighted by Crippen LogP contribution is 2.30. The number of imidazole rings is 1. The highest BCUT2D eigenvalue weighted by Gasteiger charge is 2.21. The Morgan fingerprint density at radius 3 is 2.44 bits per heavy atom. The van der Waals surface area contributed by atoms with Crippen LogP contribution in [0.5, 0.6) is 0 Å². The maximum Gasteiger partial charge on any atom is 0.221 e. The summed E-state index contributed by atoms with van der Waals surface area (Å²) in [6, 6.07) is 23.4. The number of benzene rings is 3. The van der Waals surface area contributed by atoms with Crippen molar-refractivity contribution in [1.82, 2.24) is 14.5 Å². The van der Waals surface area contributed by atoms with Gasteiger partial charge in [-0.15, -0.1) is 0 Å². The topological polar surface area (TPSA) is 50.2 Å². The minimum Gasteiger partial charge on any atom is -0.326 e. The van der Waals surface area contributed by atoms with Gasteiger partial charge < -0.3 is 14.8 Å². The van der Waals surface area contributed by atoms with Crippen LogP contribution in [0.2, 0.25) is 0 Å². The second kappa shape index (κ2) is 10.7. The Hall–Kier alpha value is -3.44. The van der Waals surface area contributed by atoms with E-state index < -0.39 is 0 Å². The zero-order chi connectivity index (χ0) is 25.1. The van der Waals surface area contributed by atoms with Gasteiger partial charge in [-0.2, -0.15) is 0 Å². The van der Waals surface area contributed by atoms with Gasteiger partial charge in [0.1, 0.15) is 5.82 Å². The SMILES string of the molecule is CC(=O)Nc1cccc(C2CCN(CCCn3c(-c4ccccc4)nc4cc(C)c(C)cc43)CC2)c1. The van der Waals surface area contributed by atoms with Crippen molar-refractivity contribution in [1.29, 1.82) is 0 Å². The highest BCUT2D eigenvalue weighted by atomic mass is 16.1. The van der Waals surface area contributed by atoms with E-state index in [0.29, 0.717) is 5.92 Å². The van der Waals surface area contributed by atoms with Gasteiger partial charge in [0.2, 0.25) is 5.91 Å². The van der Waals surface area contributed by atoms with Gasteiger partial charge >= 0.3 is 0 Å². The fourth-order valence-corrected chi connectivity index (χ4v) is 5.43. The molecule has 1 N–H and O–H groups in total. The molecule has 0 unspecified atom stereocenters. The van der Waals surface area contributed by atoms with Crippen molar-refractivity contribution in [2.45, 2.75) is 52.5 Å². The second-order valence-corrected chi connectivity index (χ2v) is 10.2. The maximum atomic E-state index is 11.4. The van der Waals surface area contributed by atoms with Crippen molar-refractivity contribution >= 4 is 22.6 Å². The summed E-state index contributed by atoms with van der Waals surface area (Å²) < 4.78 is 2.41. The summed E-state index contributed by atoms with van der Waals surface area (Å²) in [5, 5.41) is 2.91. The lowest BCUT2D eigenvalue weighted by Gasteiger charge is -2.32. The van der Waals surface area contributed by atoms with Crippen LogP contribution in [-0.4, -0.2) is 40.0 Å². The third-order valence-corrected chi connectivity index (χ3v) is 7.52. The van der Waals surface area contributed by atoms with Gasteiger partial charge in [0, 0.05) is 24.7 Å². The molecule has 3 aromatic carbocycles. The number of carbonyl (C=O) groups excluding carboxylic acids is 1. The van der Waals surface area contributed by atoms with Crippen LogP contribution >= 0.6 is 0 Å². The molecule has 1 fully saturated rings. The van der Waals surface area contributed by atoms with Crippen molar-refractivity contribution < 1.29 is 4.79 Å². The molecule has 186 valence electrons. The third-order valence-electron chi connectivity index (χ3n) is 7.52. The molecule has 1 saturated heterocycles. The molecule has 0 radical (unpaired) electrons. The molecule has 0 bridgehead atoms. The molecule has 1 aliphatic rings. The lowest BCUT2D eigenvalue weighted by molar-refractivity contribution is -0.114. The Kier molecular flexibility index (Phi) is 7.19. The summed E-state index contributed by atoms with van der Waals surface area (Å²) in [6.07, 6.45) is 3.41. The molecule has 1 aliphatic heterocycles. The molecule has 0 aliphatic carbocycles. The predicted molar refractivity (Wildman–Crippen MR) is 148 cm³/mol. The first-order valence-corrected chi connectivity index (χ1v) is 13.1. The van der Waals surface area contributed by atoms with E-state index in [1.54, 1.807) is 6.92 Å². The predicted octanol–water partition coefficient (Wildman–Crippen LogP) is 6.55. The van der Waals surface area contributed by atoms with E-state index in [4.69, 9.17) is 4.98 Å². The normalized spacial score (nSPS) is 14.9. The number of hydrogen-bond donors (Lipinski definition) is 1. The maximum absolute atomic E-state index is 11.4. The number of nitrogens with zero attached hydrogens (tertiary/aromatic N) is 3. The summed E-state index contributed by atoms with van der Waals surface area (Å²) in [7, 11) is 0. The molecular weight excluding hydrogens is 444 g/mol. The van der Waals surface area contributed by atoms with Crippen LogP contribution in [0.4, 0.5) is 5.69 Å². The number of nitrogens with one attached hydrogen (secondary N) is 1. The van der Waals surface area contributed by atoms with Gasteiger partial charge in [-0.05, 0) is 99.6 Å². The average molecular weight is 481 g/mol. The number of anilines is 1. The van der Waals surface area contributed by atoms with Gasteiger partial charge in [0.15, 0.2) is 0 Å². The van der Waals surface area contributed by atoms with E-state index in [-0.39, 0.29) is 5.91 Å². The van der Waals surface area contributed by atoms with Crippen molar-refractivity contribution in [2.24, 2.45) is 0 Å². The van der Waals surface area contributed by atoms with Crippen LogP contribution in [0.15, 0.2) is 66.7 Å². The Labute approximate surface area is 214 Å². The minimum absolute atomic E-state index is 0.0200. The molecule has 2 heterocycles. The highest BCUT2D eigenvalue weighted by molar-refractivity contribution is 5.88. The molecule has 36 heavy (non-hydrogen) atoms. The van der Waals surface area contributed by atoms with E-state index in [2.05, 4.69) is 89.3 Å². The number of piperidine rings is 1. The Morgan fingerprint density at radius 1 is 0.944 bits per heavy atom. The van der Waals surface area contributed by atoms with Crippen molar-refractivity contribution in [3.05, 3.63) is 83.4 Å². The summed E-state index contributed by atoms with van der Waals surface area (Å²) in [5.41, 5.74) is 8.32. The smallest absolute Gasteiger partial charge is 0.221 e. The number of hydrogen-bond acceptors (Lipinski definition) is 3. The lowest BCUT2D eigenvalue weighted by atomic mass is 9.89. The quantitative estimate of drug-likeness (QED) is 0.326. The molecule has 0 saturated carbocycles. The van der Waals surface area contributed by atoms with Crippen LogP contribution in [0, 0.1) is 13.8 Å². The Bertz CT molecular complexity index is 1350. The van der Waals surface area contributed by atoms with E-state index in [1.807, 2.05) is 6.07 Å². The van der Waals surface area contributed by atoms with Crippen LogP contribution < -0.4 is 5.32 Å². The van der Waals surface area contributed by atoms with Crippen LogP contribution in [0.1, 0.15) is 48.8 Å². The number of aryl methyl sites for hydroxylation is 3. The fourth-order valence-electron chi connectivity index (χ4n) is 5.43. The summed E-state index contributed by atoms with van der Waals surface area (Å²) >= 11 is 0. The summed E-state index contributed by atoms with van der Waals surface area (Å²) in [4.78, 5) is 19.1. The van der Waals surface area contributed by atoms with Crippen molar-refractivity contribution in [3.8, 4) is 11.4 Å². The fraction of sp³-hybridized carbons (Fsp3) is 0.355. The summed E-state index contributed by atoms with van der Waals surface area (Å²) in [6.45, 7) is 10.2. The third kappa shape index (κ3) is 5.36. The first kappa shape index (κ1) is 24.3. The Morgan fingerprint density at radius 2 is 1.69 bits per heavy atom. The number of likely N-dealkylation sites (tertiary alicyclic amines) is 1. The standard InChI is InChI=1S/C31H36N4O/c1-22-19-29-30(20-23(22)2)35(31(33-29)26-9-5-4-6-10-26)16-8-15-34-17-13-25(14-18-34)27-11-7-12-28(21-27)32-24(3)36/h4-7,9-12,19-21,25H,8,13-18H2,1-3H3,(H,32,36). The van der Waals surface area contributed by atoms with Crippen LogP contribution in [0.25, 0.3) is 22.4 Å². The number of fused-ring (bicyclic) bond motifs is 1. The zero-order valence-electron chi connectivity index (χ0n) is 21.6. The number of amides is 1. The Balaban J connectivity index is 1.24. The molecule has 1 aromatic heterocycles. The largest absolute Gasteiger partial charge is 0.326 e. The van der Waals surface area contributed by atoms with Gasteiger partial charge in [0.05, 0.1) is 11.0 Å². The first-order chi connectivity index (χ1) is 17.5. The number of carbonyl (C=O) groups is 1. The van der Waals surface area contributed by atoms with Gasteiger partial charge in [-0.25, -0.2) is 4.98 Å². The molecule has 0 atom stereocenters. The number of rotatable bonds is 7. The lowest BCUT2D eigenvalue weighted by Crippen LogP contribution is -2.34. The second-order valence-electron chi connectivity index (χ2n) is 10.2. The van der Waals surface area contributed by atoms with Crippen LogP contribution in [-0.2, 0) is 11.3 Å². The monoisotopic (exact) mass is 480 g/mol. The first-order valence-electron chi connectivity index (χ1n) is 13.1. The molecule has 0 spiro atoms. The van der Waals surface area contributed by atoms with Gasteiger partial charge in [-0.1, -0.05) is 42.5 Å². The van der Waals surface area contributed by atoms with Crippen LogP contribution in [0.3, 0.4) is 0 Å². The molecule has 4 aromatic rings. The zero-order valence-corrected chi connectivity index (χ0v) is 21.6. The molecule has 5 rings (SSSR count). The summed E-state index contributed by atoms with van der Waals surface area (Å²) in [5.74, 6) is 1.60. The average Bonchev–Trinajstić information content (AvgIpc) is 3.22. The van der Waals surface area contributed by atoms with E-state index in [9.17, 15) is 4.79 Å². The molecular formula is C31H36N4O. The van der Waals surface area contributed by atoms with Gasteiger partial charge in [0.25, 0.3) is 0 Å². The minimum atomic E-state index is -0.0200. The number of aromatic nitrogens is 2. The van der Waals surface area contributed by atoms with Crippen molar-refractivity contribution in [3.63, 3.8) is 0 Å². The van der Waals surface area contributed by atoms with E-state index >= 15 is 0 Å².